The minimum atomic E-state index is 0.0494. The fourth-order valence-corrected chi connectivity index (χ4v) is 4.82. The first-order valence-electron chi connectivity index (χ1n) is 11.9. The molecule has 3 aromatic heterocycles. The first kappa shape index (κ1) is 21.1. The molecule has 3 aliphatic rings. The smallest absolute Gasteiger partial charge is 0.228 e. The summed E-state index contributed by atoms with van der Waals surface area (Å²) in [5.74, 6) is 7.48. The van der Waals surface area contributed by atoms with E-state index in [1.165, 1.54) is 0 Å². The van der Waals surface area contributed by atoms with Crippen molar-refractivity contribution in [1.82, 2.24) is 19.9 Å². The number of ether oxygens (including phenoxy) is 2. The van der Waals surface area contributed by atoms with Gasteiger partial charge in [-0.15, -0.1) is 0 Å². The summed E-state index contributed by atoms with van der Waals surface area (Å²) < 4.78 is 14.0. The van der Waals surface area contributed by atoms with Gasteiger partial charge >= 0.3 is 0 Å². The number of hydrogen-bond donors (Lipinski definition) is 2. The van der Waals surface area contributed by atoms with Crippen molar-refractivity contribution >= 4 is 17.2 Å². The standard InChI is InChI=1S/C26H27N5O3/c1-2-3-18-11-23(24(13-27-18)34-22-9-19-14-33-15-20(10-22)28-19)17-6-7-31-21(8-17)12-25(30-31)29-26(32)16-4-5-16/h6-8,11-13,16,19-20,22,28H,4-5,9-10,14-15H2,1H3,(H,29,30,32)/t19-,20+,22?. The Kier molecular flexibility index (Phi) is 5.44. The molecular weight excluding hydrogens is 430 g/mol. The van der Waals surface area contributed by atoms with E-state index >= 15 is 0 Å². The quantitative estimate of drug-likeness (QED) is 0.573. The van der Waals surface area contributed by atoms with E-state index in [4.69, 9.17) is 9.47 Å². The molecule has 2 saturated heterocycles. The van der Waals surface area contributed by atoms with Crippen LogP contribution in [0.2, 0.25) is 0 Å². The summed E-state index contributed by atoms with van der Waals surface area (Å²) in [6, 6.07) is 8.58. The molecular formula is C26H27N5O3. The topological polar surface area (TPSA) is 89.8 Å². The number of piperidine rings is 1. The van der Waals surface area contributed by atoms with E-state index in [0.29, 0.717) is 23.6 Å². The van der Waals surface area contributed by atoms with Crippen molar-refractivity contribution in [2.45, 2.75) is 50.8 Å². The predicted molar refractivity (Wildman–Crippen MR) is 128 cm³/mol. The Bertz CT molecular complexity index is 1290. The number of pyridine rings is 2. The van der Waals surface area contributed by atoms with E-state index in [1.54, 1.807) is 17.6 Å². The van der Waals surface area contributed by atoms with Crippen molar-refractivity contribution in [3.63, 3.8) is 0 Å². The zero-order valence-corrected chi connectivity index (χ0v) is 19.1. The highest BCUT2D eigenvalue weighted by Gasteiger charge is 2.33. The second-order valence-corrected chi connectivity index (χ2v) is 9.33. The van der Waals surface area contributed by atoms with Gasteiger partial charge in [0, 0.05) is 48.7 Å². The van der Waals surface area contributed by atoms with Gasteiger partial charge in [-0.05, 0) is 49.4 Å². The maximum absolute atomic E-state index is 12.1. The zero-order chi connectivity index (χ0) is 23.1. The highest BCUT2D eigenvalue weighted by atomic mass is 16.5. The van der Waals surface area contributed by atoms with Crippen molar-refractivity contribution in [2.24, 2.45) is 5.92 Å². The Morgan fingerprint density at radius 2 is 2.06 bits per heavy atom. The largest absolute Gasteiger partial charge is 0.488 e. The monoisotopic (exact) mass is 457 g/mol. The van der Waals surface area contributed by atoms with Crippen LogP contribution in [0.15, 0.2) is 36.7 Å². The lowest BCUT2D eigenvalue weighted by molar-refractivity contribution is -0.117. The summed E-state index contributed by atoms with van der Waals surface area (Å²) >= 11 is 0. The zero-order valence-electron chi connectivity index (χ0n) is 19.1. The van der Waals surface area contributed by atoms with Gasteiger partial charge in [0.15, 0.2) is 5.82 Å². The van der Waals surface area contributed by atoms with Gasteiger partial charge in [-0.25, -0.2) is 9.50 Å². The third kappa shape index (κ3) is 4.37. The van der Waals surface area contributed by atoms with Gasteiger partial charge in [0.1, 0.15) is 17.5 Å². The minimum Gasteiger partial charge on any atom is -0.488 e. The fourth-order valence-electron chi connectivity index (χ4n) is 4.82. The van der Waals surface area contributed by atoms with Crippen LogP contribution >= 0.6 is 0 Å². The molecule has 2 bridgehead atoms. The Labute approximate surface area is 198 Å². The minimum absolute atomic E-state index is 0.0494. The number of carbonyl (C=O) groups excluding carboxylic acids is 1. The lowest BCUT2D eigenvalue weighted by Crippen LogP contribution is -2.56. The summed E-state index contributed by atoms with van der Waals surface area (Å²) in [5, 5.41) is 11.0. The average Bonchev–Trinajstić information content (AvgIpc) is 3.60. The summed E-state index contributed by atoms with van der Waals surface area (Å²) in [6.07, 6.45) is 7.51. The van der Waals surface area contributed by atoms with Gasteiger partial charge in [0.05, 0.1) is 24.9 Å². The molecule has 3 aromatic rings. The van der Waals surface area contributed by atoms with Crippen LogP contribution in [0.25, 0.3) is 16.6 Å². The normalized spacial score (nSPS) is 23.7. The number of anilines is 1. The number of fused-ring (bicyclic) bond motifs is 3. The van der Waals surface area contributed by atoms with Crippen LogP contribution in [0.4, 0.5) is 5.82 Å². The number of morpholine rings is 1. The molecule has 5 heterocycles. The first-order chi connectivity index (χ1) is 16.6. The Morgan fingerprint density at radius 1 is 1.24 bits per heavy atom. The molecule has 34 heavy (non-hydrogen) atoms. The van der Waals surface area contributed by atoms with Crippen LogP contribution in [0.3, 0.4) is 0 Å². The molecule has 0 spiro atoms. The molecule has 1 unspecified atom stereocenters. The van der Waals surface area contributed by atoms with Crippen molar-refractivity contribution in [2.75, 3.05) is 18.5 Å². The van der Waals surface area contributed by atoms with E-state index < -0.39 is 0 Å². The molecule has 3 fully saturated rings. The maximum Gasteiger partial charge on any atom is 0.228 e. The Hall–Kier alpha value is -3.41. The summed E-state index contributed by atoms with van der Waals surface area (Å²) in [5.41, 5.74) is 3.52. The molecule has 1 saturated carbocycles. The van der Waals surface area contributed by atoms with Crippen molar-refractivity contribution in [1.29, 1.82) is 0 Å². The Balaban J connectivity index is 1.31. The molecule has 0 radical (unpaired) electrons. The highest BCUT2D eigenvalue weighted by molar-refractivity contribution is 5.93. The number of amides is 1. The average molecular weight is 458 g/mol. The van der Waals surface area contributed by atoms with E-state index in [9.17, 15) is 4.79 Å². The molecule has 8 heteroatoms. The third-order valence-corrected chi connectivity index (χ3v) is 6.59. The lowest BCUT2D eigenvalue weighted by atomic mass is 9.94. The molecule has 1 amide bonds. The number of aromatic nitrogens is 3. The molecule has 174 valence electrons. The summed E-state index contributed by atoms with van der Waals surface area (Å²) in [6.45, 7) is 3.26. The molecule has 6 rings (SSSR count). The van der Waals surface area contributed by atoms with Crippen molar-refractivity contribution < 1.29 is 14.3 Å². The fraction of sp³-hybridized carbons (Fsp3) is 0.423. The molecule has 8 nitrogen and oxygen atoms in total. The molecule has 2 N–H and O–H groups in total. The number of hydrogen-bond acceptors (Lipinski definition) is 6. The number of rotatable bonds is 5. The lowest BCUT2D eigenvalue weighted by Gasteiger charge is -2.40. The maximum atomic E-state index is 12.1. The second kappa shape index (κ2) is 8.75. The van der Waals surface area contributed by atoms with E-state index in [-0.39, 0.29) is 17.9 Å². The molecule has 2 aliphatic heterocycles. The third-order valence-electron chi connectivity index (χ3n) is 6.59. The molecule has 0 aromatic carbocycles. The number of carbonyl (C=O) groups is 1. The summed E-state index contributed by atoms with van der Waals surface area (Å²) in [4.78, 5) is 16.6. The van der Waals surface area contributed by atoms with Crippen LogP contribution in [0, 0.1) is 17.8 Å². The van der Waals surface area contributed by atoms with Crippen LogP contribution < -0.4 is 15.4 Å². The molecule has 1 aliphatic carbocycles. The van der Waals surface area contributed by atoms with E-state index in [0.717, 1.165) is 61.3 Å². The number of nitrogens with one attached hydrogen (secondary N) is 2. The summed E-state index contributed by atoms with van der Waals surface area (Å²) in [7, 11) is 0. The SMILES string of the molecule is CC#Cc1cc(-c2ccn3nc(NC(=O)C4CC4)cc3c2)c(OC2C[C@H]3COC[C@@H](C2)N3)cn1. The highest BCUT2D eigenvalue weighted by Crippen LogP contribution is 2.34. The number of nitrogens with zero attached hydrogens (tertiary/aromatic N) is 3. The van der Waals surface area contributed by atoms with E-state index in [1.807, 2.05) is 24.4 Å². The van der Waals surface area contributed by atoms with Gasteiger partial charge in [-0.1, -0.05) is 5.92 Å². The van der Waals surface area contributed by atoms with Crippen LogP contribution in [0.5, 0.6) is 5.75 Å². The van der Waals surface area contributed by atoms with E-state index in [2.05, 4.69) is 38.6 Å². The van der Waals surface area contributed by atoms with Gasteiger partial charge in [-0.3, -0.25) is 4.79 Å². The van der Waals surface area contributed by atoms with Gasteiger partial charge in [0.25, 0.3) is 0 Å². The predicted octanol–water partition coefficient (Wildman–Crippen LogP) is 3.01. The molecule has 3 atom stereocenters. The van der Waals surface area contributed by atoms with Crippen molar-refractivity contribution in [3.8, 4) is 28.7 Å². The van der Waals surface area contributed by atoms with Crippen LogP contribution in [-0.4, -0.2) is 51.9 Å². The van der Waals surface area contributed by atoms with Crippen LogP contribution in [0.1, 0.15) is 38.3 Å². The Morgan fingerprint density at radius 3 is 2.82 bits per heavy atom. The van der Waals surface area contributed by atoms with Gasteiger partial charge in [-0.2, -0.15) is 5.10 Å². The van der Waals surface area contributed by atoms with Gasteiger partial charge < -0.3 is 20.1 Å². The first-order valence-corrected chi connectivity index (χ1v) is 11.9. The second-order valence-electron chi connectivity index (χ2n) is 9.33. The van der Waals surface area contributed by atoms with Gasteiger partial charge in [0.2, 0.25) is 5.91 Å². The van der Waals surface area contributed by atoms with Crippen LogP contribution in [-0.2, 0) is 9.53 Å². The van der Waals surface area contributed by atoms with Crippen molar-refractivity contribution in [3.05, 3.63) is 42.4 Å².